The first kappa shape index (κ1) is 19.8. The molecule has 0 fully saturated rings. The van der Waals surface area contributed by atoms with Crippen LogP contribution in [0.25, 0.3) is 0 Å². The van der Waals surface area contributed by atoms with Crippen LogP contribution in [0.1, 0.15) is 26.4 Å². The highest BCUT2D eigenvalue weighted by molar-refractivity contribution is 6.34. The van der Waals surface area contributed by atoms with Crippen LogP contribution in [-0.4, -0.2) is 22.0 Å². The van der Waals surface area contributed by atoms with Gasteiger partial charge in [0.25, 0.3) is 11.8 Å². The van der Waals surface area contributed by atoms with E-state index in [-0.39, 0.29) is 28.6 Å². The summed E-state index contributed by atoms with van der Waals surface area (Å²) in [5, 5.41) is 11.6. The molecule has 1 aromatic heterocycles. The number of halogens is 4. The minimum Gasteiger partial charge on any atom is -0.347 e. The fraction of sp³-hybridized carbons (Fsp3) is 0.0556. The lowest BCUT2D eigenvalue weighted by Crippen LogP contribution is -2.23. The predicted octanol–water partition coefficient (Wildman–Crippen LogP) is 4.18. The third-order valence-corrected chi connectivity index (χ3v) is 4.20. The first-order valence-corrected chi connectivity index (χ1v) is 8.63. The van der Waals surface area contributed by atoms with Gasteiger partial charge in [0.2, 0.25) is 0 Å². The molecule has 3 rings (SSSR count). The molecular weight excluding hydrogens is 413 g/mol. The molecule has 3 aromatic rings. The number of carbonyl (C=O) groups excluding carboxylic acids is 2. The summed E-state index contributed by atoms with van der Waals surface area (Å²) in [5.41, 5.74) is 0.564. The molecule has 0 aliphatic heterocycles. The number of nitrogens with one attached hydrogen (secondary N) is 3. The van der Waals surface area contributed by atoms with Gasteiger partial charge in [-0.25, -0.2) is 8.78 Å². The predicted molar refractivity (Wildman–Crippen MR) is 101 cm³/mol. The third kappa shape index (κ3) is 4.65. The van der Waals surface area contributed by atoms with E-state index in [2.05, 4.69) is 20.8 Å². The van der Waals surface area contributed by atoms with Crippen molar-refractivity contribution in [1.82, 2.24) is 15.5 Å². The maximum atomic E-state index is 13.3. The van der Waals surface area contributed by atoms with Gasteiger partial charge in [0.1, 0.15) is 5.82 Å². The molecule has 6 nitrogen and oxygen atoms in total. The van der Waals surface area contributed by atoms with Crippen molar-refractivity contribution in [3.63, 3.8) is 0 Å². The Kier molecular flexibility index (Phi) is 5.91. The second-order valence-electron chi connectivity index (χ2n) is 5.68. The van der Waals surface area contributed by atoms with Crippen molar-refractivity contribution in [1.29, 1.82) is 0 Å². The number of nitrogens with zero attached hydrogens (tertiary/aromatic N) is 1. The van der Waals surface area contributed by atoms with E-state index >= 15 is 0 Å². The van der Waals surface area contributed by atoms with Crippen LogP contribution in [0, 0.1) is 11.6 Å². The molecule has 144 valence electrons. The van der Waals surface area contributed by atoms with Gasteiger partial charge in [0.15, 0.2) is 17.3 Å². The van der Waals surface area contributed by atoms with Crippen molar-refractivity contribution in [3.05, 3.63) is 81.0 Å². The summed E-state index contributed by atoms with van der Waals surface area (Å²) < 4.78 is 26.4. The Morgan fingerprint density at radius 3 is 2.54 bits per heavy atom. The second-order valence-corrected chi connectivity index (χ2v) is 6.52. The van der Waals surface area contributed by atoms with Gasteiger partial charge in [0, 0.05) is 17.6 Å². The minimum atomic E-state index is -1.21. The van der Waals surface area contributed by atoms with Gasteiger partial charge in [0.05, 0.1) is 10.6 Å². The Balaban J connectivity index is 1.64. The highest BCUT2D eigenvalue weighted by Gasteiger charge is 2.17. The lowest BCUT2D eigenvalue weighted by atomic mass is 10.2. The van der Waals surface area contributed by atoms with Crippen LogP contribution in [0.5, 0.6) is 0 Å². The van der Waals surface area contributed by atoms with E-state index < -0.39 is 23.4 Å². The quantitative estimate of drug-likeness (QED) is 0.537. The molecule has 2 amide bonds. The fourth-order valence-electron chi connectivity index (χ4n) is 2.31. The van der Waals surface area contributed by atoms with Crippen molar-refractivity contribution in [3.8, 4) is 0 Å². The van der Waals surface area contributed by atoms with E-state index in [1.807, 2.05) is 0 Å². The summed E-state index contributed by atoms with van der Waals surface area (Å²) >= 11 is 11.6. The third-order valence-electron chi connectivity index (χ3n) is 3.66. The molecule has 0 aliphatic carbocycles. The standard InChI is InChI=1S/C18H12Cl2F2N4O2/c19-10-3-1-2-9(4-10)8-23-18(28)15-7-16(26-25-15)24-17(27)11-5-13(21)14(22)6-12(11)20/h1-7H,8H2,(H,23,28)(H2,24,25,26,27). The average Bonchev–Trinajstić information content (AvgIpc) is 3.11. The number of benzene rings is 2. The van der Waals surface area contributed by atoms with Gasteiger partial charge in [-0.1, -0.05) is 35.3 Å². The lowest BCUT2D eigenvalue weighted by molar-refractivity contribution is 0.0945. The van der Waals surface area contributed by atoms with E-state index in [0.717, 1.165) is 5.56 Å². The monoisotopic (exact) mass is 424 g/mol. The Hall–Kier alpha value is -2.97. The van der Waals surface area contributed by atoms with Crippen molar-refractivity contribution in [2.75, 3.05) is 5.32 Å². The number of anilines is 1. The van der Waals surface area contributed by atoms with Crippen LogP contribution >= 0.6 is 23.2 Å². The molecule has 28 heavy (non-hydrogen) atoms. The summed E-state index contributed by atoms with van der Waals surface area (Å²) in [6, 6.07) is 9.66. The van der Waals surface area contributed by atoms with Gasteiger partial charge in [-0.3, -0.25) is 14.7 Å². The fourth-order valence-corrected chi connectivity index (χ4v) is 2.76. The van der Waals surface area contributed by atoms with Gasteiger partial charge >= 0.3 is 0 Å². The molecule has 0 bridgehead atoms. The van der Waals surface area contributed by atoms with Crippen LogP contribution in [0.2, 0.25) is 10.0 Å². The number of aromatic nitrogens is 2. The zero-order valence-corrected chi connectivity index (χ0v) is 15.5. The molecule has 0 atom stereocenters. The van der Waals surface area contributed by atoms with Crippen molar-refractivity contribution >= 4 is 40.8 Å². The molecule has 0 spiro atoms. The van der Waals surface area contributed by atoms with E-state index in [4.69, 9.17) is 23.2 Å². The Morgan fingerprint density at radius 2 is 1.79 bits per heavy atom. The number of H-pyrrole nitrogens is 1. The zero-order chi connectivity index (χ0) is 20.3. The highest BCUT2D eigenvalue weighted by Crippen LogP contribution is 2.21. The number of rotatable bonds is 5. The number of amides is 2. The van der Waals surface area contributed by atoms with Crippen LogP contribution in [-0.2, 0) is 6.54 Å². The molecule has 0 aliphatic rings. The van der Waals surface area contributed by atoms with Crippen LogP contribution in [0.4, 0.5) is 14.6 Å². The molecular formula is C18H12Cl2F2N4O2. The number of aromatic amines is 1. The van der Waals surface area contributed by atoms with Gasteiger partial charge < -0.3 is 10.6 Å². The molecule has 3 N–H and O–H groups in total. The first-order chi connectivity index (χ1) is 13.3. The Morgan fingerprint density at radius 1 is 1.04 bits per heavy atom. The molecule has 0 saturated carbocycles. The maximum Gasteiger partial charge on any atom is 0.272 e. The van der Waals surface area contributed by atoms with E-state index in [9.17, 15) is 18.4 Å². The molecule has 0 radical (unpaired) electrons. The van der Waals surface area contributed by atoms with Gasteiger partial charge in [-0.05, 0) is 29.8 Å². The van der Waals surface area contributed by atoms with Crippen molar-refractivity contribution in [2.24, 2.45) is 0 Å². The summed E-state index contributed by atoms with van der Waals surface area (Å²) in [6.07, 6.45) is 0. The average molecular weight is 425 g/mol. The Labute approximate surface area is 167 Å². The lowest BCUT2D eigenvalue weighted by Gasteiger charge is -2.05. The Bertz CT molecular complexity index is 1060. The zero-order valence-electron chi connectivity index (χ0n) is 14.0. The normalized spacial score (nSPS) is 10.6. The maximum absolute atomic E-state index is 13.3. The summed E-state index contributed by atoms with van der Waals surface area (Å²) in [4.78, 5) is 24.3. The van der Waals surface area contributed by atoms with Gasteiger partial charge in [-0.2, -0.15) is 5.10 Å². The number of hydrogen-bond acceptors (Lipinski definition) is 3. The number of hydrogen-bond donors (Lipinski definition) is 3. The minimum absolute atomic E-state index is 0.0220. The second kappa shape index (κ2) is 8.37. The summed E-state index contributed by atoms with van der Waals surface area (Å²) in [7, 11) is 0. The van der Waals surface area contributed by atoms with Crippen LogP contribution in [0.15, 0.2) is 42.5 Å². The van der Waals surface area contributed by atoms with E-state index in [0.29, 0.717) is 17.2 Å². The smallest absolute Gasteiger partial charge is 0.272 e. The van der Waals surface area contributed by atoms with Crippen molar-refractivity contribution in [2.45, 2.75) is 6.54 Å². The highest BCUT2D eigenvalue weighted by atomic mass is 35.5. The van der Waals surface area contributed by atoms with E-state index in [1.165, 1.54) is 6.07 Å². The SMILES string of the molecule is O=C(NCc1cccc(Cl)c1)c1cc(NC(=O)c2cc(F)c(F)cc2Cl)[nH]n1. The molecule has 1 heterocycles. The van der Waals surface area contributed by atoms with Crippen LogP contribution < -0.4 is 10.6 Å². The van der Waals surface area contributed by atoms with E-state index in [1.54, 1.807) is 24.3 Å². The molecule has 0 unspecified atom stereocenters. The van der Waals surface area contributed by atoms with Crippen molar-refractivity contribution < 1.29 is 18.4 Å². The summed E-state index contributed by atoms with van der Waals surface area (Å²) in [5.74, 6) is -3.57. The molecule has 2 aromatic carbocycles. The topological polar surface area (TPSA) is 86.9 Å². The van der Waals surface area contributed by atoms with Crippen LogP contribution in [0.3, 0.4) is 0 Å². The largest absolute Gasteiger partial charge is 0.347 e. The van der Waals surface area contributed by atoms with Gasteiger partial charge in [-0.15, -0.1) is 0 Å². The number of carbonyl (C=O) groups is 2. The summed E-state index contributed by atoms with van der Waals surface area (Å²) in [6.45, 7) is 0.235. The molecule has 10 heteroatoms. The first-order valence-electron chi connectivity index (χ1n) is 7.87. The molecule has 0 saturated heterocycles.